The summed E-state index contributed by atoms with van der Waals surface area (Å²) in [6.45, 7) is 3.37. The fourth-order valence-corrected chi connectivity index (χ4v) is 1.88. The molecule has 2 atom stereocenters. The van der Waals surface area contributed by atoms with E-state index in [2.05, 4.69) is 5.32 Å². The predicted octanol–water partition coefficient (Wildman–Crippen LogP) is -0.846. The fourth-order valence-electron chi connectivity index (χ4n) is 1.88. The maximum atomic E-state index is 5.71. The molecule has 0 aromatic heterocycles. The highest BCUT2D eigenvalue weighted by Crippen LogP contribution is 2.23. The number of nitrogens with zero attached hydrogens (tertiary/aromatic N) is 1. The minimum Gasteiger partial charge on any atom is -0.315 e. The van der Waals surface area contributed by atoms with Crippen molar-refractivity contribution in [1.82, 2.24) is 10.3 Å². The SMILES string of the molecule is NN1CCC2CNCC21. The molecule has 2 rings (SSSR count). The van der Waals surface area contributed by atoms with Gasteiger partial charge in [0.2, 0.25) is 0 Å². The van der Waals surface area contributed by atoms with Crippen molar-refractivity contribution in [1.29, 1.82) is 0 Å². The minimum atomic E-state index is 0.644. The summed E-state index contributed by atoms with van der Waals surface area (Å²) in [5, 5.41) is 5.31. The molecule has 52 valence electrons. The van der Waals surface area contributed by atoms with E-state index in [4.69, 9.17) is 5.84 Å². The van der Waals surface area contributed by atoms with Gasteiger partial charge in [0.15, 0.2) is 0 Å². The Morgan fingerprint density at radius 2 is 2.33 bits per heavy atom. The molecule has 0 radical (unpaired) electrons. The summed E-state index contributed by atoms with van der Waals surface area (Å²) < 4.78 is 0. The van der Waals surface area contributed by atoms with E-state index < -0.39 is 0 Å². The molecule has 3 nitrogen and oxygen atoms in total. The van der Waals surface area contributed by atoms with E-state index in [1.165, 1.54) is 13.0 Å². The molecular formula is C6H13N3. The quantitative estimate of drug-likeness (QED) is 0.417. The van der Waals surface area contributed by atoms with Crippen molar-refractivity contribution < 1.29 is 0 Å². The first-order valence-electron chi connectivity index (χ1n) is 3.60. The van der Waals surface area contributed by atoms with Crippen LogP contribution < -0.4 is 11.2 Å². The predicted molar refractivity (Wildman–Crippen MR) is 35.7 cm³/mol. The first-order valence-corrected chi connectivity index (χ1v) is 3.60. The van der Waals surface area contributed by atoms with Gasteiger partial charge in [0.25, 0.3) is 0 Å². The van der Waals surface area contributed by atoms with E-state index in [1.807, 2.05) is 5.01 Å². The molecule has 0 aliphatic carbocycles. The molecular weight excluding hydrogens is 114 g/mol. The second-order valence-electron chi connectivity index (χ2n) is 3.01. The van der Waals surface area contributed by atoms with Crippen molar-refractivity contribution in [3.05, 3.63) is 0 Å². The number of hydrogen-bond donors (Lipinski definition) is 2. The number of nitrogens with two attached hydrogens (primary N) is 1. The van der Waals surface area contributed by atoms with Gasteiger partial charge >= 0.3 is 0 Å². The molecule has 3 heteroatoms. The summed E-state index contributed by atoms with van der Waals surface area (Å²) in [5.74, 6) is 6.56. The first-order chi connectivity index (χ1) is 4.38. The van der Waals surface area contributed by atoms with Crippen LogP contribution in [0.1, 0.15) is 6.42 Å². The molecule has 2 aliphatic heterocycles. The van der Waals surface area contributed by atoms with Crippen molar-refractivity contribution in [2.75, 3.05) is 19.6 Å². The Balaban J connectivity index is 2.07. The fraction of sp³-hybridized carbons (Fsp3) is 1.00. The van der Waals surface area contributed by atoms with Crippen LogP contribution in [0.25, 0.3) is 0 Å². The Morgan fingerprint density at radius 3 is 3.11 bits per heavy atom. The lowest BCUT2D eigenvalue weighted by Gasteiger charge is -2.15. The summed E-state index contributed by atoms with van der Waals surface area (Å²) in [6.07, 6.45) is 1.29. The van der Waals surface area contributed by atoms with Gasteiger partial charge in [-0.05, 0) is 18.9 Å². The first kappa shape index (κ1) is 5.65. The van der Waals surface area contributed by atoms with Crippen molar-refractivity contribution in [3.8, 4) is 0 Å². The number of nitrogens with one attached hydrogen (secondary N) is 1. The van der Waals surface area contributed by atoms with E-state index in [9.17, 15) is 0 Å². The van der Waals surface area contributed by atoms with Gasteiger partial charge in [-0.25, -0.2) is 5.01 Å². The molecule has 0 saturated carbocycles. The lowest BCUT2D eigenvalue weighted by atomic mass is 10.1. The molecule has 2 saturated heterocycles. The second-order valence-corrected chi connectivity index (χ2v) is 3.01. The number of rotatable bonds is 0. The average Bonchev–Trinajstić information content (AvgIpc) is 2.35. The maximum Gasteiger partial charge on any atom is 0.0406 e. The second kappa shape index (κ2) is 1.94. The highest BCUT2D eigenvalue weighted by atomic mass is 15.4. The van der Waals surface area contributed by atoms with Crippen LogP contribution in [0.5, 0.6) is 0 Å². The summed E-state index contributed by atoms with van der Waals surface area (Å²) in [7, 11) is 0. The van der Waals surface area contributed by atoms with Crippen molar-refractivity contribution >= 4 is 0 Å². The van der Waals surface area contributed by atoms with E-state index >= 15 is 0 Å². The summed E-state index contributed by atoms with van der Waals surface area (Å²) >= 11 is 0. The zero-order valence-electron chi connectivity index (χ0n) is 5.51. The van der Waals surface area contributed by atoms with E-state index in [0.29, 0.717) is 6.04 Å². The summed E-state index contributed by atoms with van der Waals surface area (Å²) in [4.78, 5) is 0. The largest absolute Gasteiger partial charge is 0.315 e. The zero-order chi connectivity index (χ0) is 6.27. The summed E-state index contributed by atoms with van der Waals surface area (Å²) in [5.41, 5.74) is 0. The number of hydrogen-bond acceptors (Lipinski definition) is 3. The monoisotopic (exact) mass is 127 g/mol. The third-order valence-corrected chi connectivity index (χ3v) is 2.49. The van der Waals surface area contributed by atoms with E-state index in [0.717, 1.165) is 19.0 Å². The van der Waals surface area contributed by atoms with E-state index in [1.54, 1.807) is 0 Å². The number of fused-ring (bicyclic) bond motifs is 1. The van der Waals surface area contributed by atoms with Crippen LogP contribution in [0.3, 0.4) is 0 Å². The van der Waals surface area contributed by atoms with Crippen LogP contribution in [0.4, 0.5) is 0 Å². The van der Waals surface area contributed by atoms with Crippen LogP contribution in [0, 0.1) is 5.92 Å². The van der Waals surface area contributed by atoms with Crippen molar-refractivity contribution in [2.24, 2.45) is 11.8 Å². The Kier molecular flexibility index (Phi) is 1.22. The Morgan fingerprint density at radius 1 is 1.44 bits per heavy atom. The van der Waals surface area contributed by atoms with Gasteiger partial charge < -0.3 is 5.32 Å². The van der Waals surface area contributed by atoms with Gasteiger partial charge in [0.05, 0.1) is 0 Å². The molecule has 2 aliphatic rings. The lowest BCUT2D eigenvalue weighted by Crippen LogP contribution is -2.39. The van der Waals surface area contributed by atoms with Crippen LogP contribution in [0.15, 0.2) is 0 Å². The van der Waals surface area contributed by atoms with Crippen LogP contribution in [-0.2, 0) is 0 Å². The van der Waals surface area contributed by atoms with Crippen molar-refractivity contribution in [2.45, 2.75) is 12.5 Å². The standard InChI is InChI=1S/C6H13N3/c7-9-2-1-5-3-8-4-6(5)9/h5-6,8H,1-4,7H2. The number of hydrazine groups is 1. The molecule has 9 heavy (non-hydrogen) atoms. The third-order valence-electron chi connectivity index (χ3n) is 2.49. The third kappa shape index (κ3) is 0.764. The van der Waals surface area contributed by atoms with Crippen molar-refractivity contribution in [3.63, 3.8) is 0 Å². The zero-order valence-corrected chi connectivity index (χ0v) is 5.51. The Hall–Kier alpha value is -0.120. The van der Waals surface area contributed by atoms with Crippen LogP contribution in [0.2, 0.25) is 0 Å². The van der Waals surface area contributed by atoms with Crippen LogP contribution >= 0.6 is 0 Å². The normalized spacial score (nSPS) is 43.7. The molecule has 0 bridgehead atoms. The van der Waals surface area contributed by atoms with Gasteiger partial charge in [-0.1, -0.05) is 0 Å². The molecule has 0 spiro atoms. The van der Waals surface area contributed by atoms with Gasteiger partial charge in [-0.15, -0.1) is 0 Å². The molecule has 0 aromatic rings. The maximum absolute atomic E-state index is 5.71. The van der Waals surface area contributed by atoms with E-state index in [-0.39, 0.29) is 0 Å². The van der Waals surface area contributed by atoms with Gasteiger partial charge in [-0.3, -0.25) is 5.84 Å². The molecule has 0 amide bonds. The lowest BCUT2D eigenvalue weighted by molar-refractivity contribution is 0.260. The highest BCUT2D eigenvalue weighted by Gasteiger charge is 2.35. The van der Waals surface area contributed by atoms with Gasteiger partial charge in [0.1, 0.15) is 0 Å². The molecule has 2 heterocycles. The highest BCUT2D eigenvalue weighted by molar-refractivity contribution is 4.91. The van der Waals surface area contributed by atoms with Gasteiger partial charge in [-0.2, -0.15) is 0 Å². The summed E-state index contributed by atoms with van der Waals surface area (Å²) in [6, 6.07) is 0.644. The molecule has 2 unspecified atom stereocenters. The average molecular weight is 127 g/mol. The topological polar surface area (TPSA) is 41.3 Å². The molecule has 2 fully saturated rings. The Labute approximate surface area is 55.2 Å². The minimum absolute atomic E-state index is 0.644. The molecule has 3 N–H and O–H groups in total. The van der Waals surface area contributed by atoms with Crippen LogP contribution in [-0.4, -0.2) is 30.7 Å². The molecule has 0 aromatic carbocycles. The van der Waals surface area contributed by atoms with Gasteiger partial charge in [0, 0.05) is 19.1 Å². The Bertz CT molecular complexity index is 115. The smallest absolute Gasteiger partial charge is 0.0406 e.